The number of nitro groups is 1. The summed E-state index contributed by atoms with van der Waals surface area (Å²) >= 11 is 0. The Labute approximate surface area is 223 Å². The highest BCUT2D eigenvalue weighted by atomic mass is 16.6. The van der Waals surface area contributed by atoms with Crippen molar-refractivity contribution in [3.8, 4) is 0 Å². The Morgan fingerprint density at radius 3 is 1.45 bits per heavy atom. The van der Waals surface area contributed by atoms with E-state index >= 15 is 0 Å². The molecule has 2 aromatic heterocycles. The Hall–Kier alpha value is -3.88. The van der Waals surface area contributed by atoms with Crippen LogP contribution >= 0.6 is 0 Å². The van der Waals surface area contributed by atoms with E-state index in [-0.39, 0.29) is 18.9 Å². The van der Waals surface area contributed by atoms with Crippen molar-refractivity contribution < 1.29 is 24.0 Å². The topological polar surface area (TPSA) is 127 Å². The van der Waals surface area contributed by atoms with Gasteiger partial charge in [0.15, 0.2) is 0 Å². The maximum atomic E-state index is 12.9. The highest BCUT2D eigenvalue weighted by molar-refractivity contribution is 5.91. The van der Waals surface area contributed by atoms with Gasteiger partial charge in [0.2, 0.25) is 0 Å². The number of benzene rings is 1. The Balaban J connectivity index is 2.38. The minimum atomic E-state index is -0.442. The molecule has 0 saturated heterocycles. The predicted molar refractivity (Wildman–Crippen MR) is 145 cm³/mol. The summed E-state index contributed by atoms with van der Waals surface area (Å²) in [5.74, 6) is -1.28. The molecular formula is C29H37N3O6. The minimum Gasteiger partial charge on any atom is -0.461 e. The average molecular weight is 524 g/mol. The standard InChI is InChI=1S/C29H37N3O6/c1-7-19-21(9-3)26(28(33)37-11-5)30-24(19)23(17-13-15-18(16-14-17)32(35)36)25-20(8-2)22(10-4)27(31-25)29(34)38-12-6/h13-16,23,30-31H,7-12H2,1-6H3. The van der Waals surface area contributed by atoms with Crippen LogP contribution in [0.2, 0.25) is 0 Å². The van der Waals surface area contributed by atoms with Crippen molar-refractivity contribution in [2.24, 2.45) is 0 Å². The first kappa shape index (κ1) is 28.7. The lowest BCUT2D eigenvalue weighted by atomic mass is 9.85. The van der Waals surface area contributed by atoms with Gasteiger partial charge in [-0.2, -0.15) is 0 Å². The Kier molecular flexibility index (Phi) is 9.50. The van der Waals surface area contributed by atoms with Crippen LogP contribution in [0, 0.1) is 10.1 Å². The zero-order valence-corrected chi connectivity index (χ0v) is 23.0. The molecule has 3 rings (SSSR count). The summed E-state index contributed by atoms with van der Waals surface area (Å²) in [7, 11) is 0. The third-order valence-electron chi connectivity index (χ3n) is 6.89. The fourth-order valence-corrected chi connectivity index (χ4v) is 5.30. The molecule has 9 nitrogen and oxygen atoms in total. The molecule has 9 heteroatoms. The number of hydrogen-bond donors (Lipinski definition) is 2. The van der Waals surface area contributed by atoms with Gasteiger partial charge in [-0.3, -0.25) is 10.1 Å². The maximum Gasteiger partial charge on any atom is 0.355 e. The fraction of sp³-hybridized carbons (Fsp3) is 0.448. The lowest BCUT2D eigenvalue weighted by Crippen LogP contribution is -2.11. The molecule has 0 saturated carbocycles. The van der Waals surface area contributed by atoms with Gasteiger partial charge in [0.25, 0.3) is 5.69 Å². The van der Waals surface area contributed by atoms with Crippen LogP contribution in [0.15, 0.2) is 24.3 Å². The second kappa shape index (κ2) is 12.6. The van der Waals surface area contributed by atoms with E-state index in [9.17, 15) is 19.7 Å². The third kappa shape index (κ3) is 5.37. The van der Waals surface area contributed by atoms with Gasteiger partial charge in [0.1, 0.15) is 11.4 Å². The van der Waals surface area contributed by atoms with Gasteiger partial charge >= 0.3 is 11.9 Å². The molecule has 0 aliphatic heterocycles. The Bertz CT molecular complexity index is 1230. The van der Waals surface area contributed by atoms with E-state index in [1.165, 1.54) is 12.1 Å². The molecule has 2 N–H and O–H groups in total. The van der Waals surface area contributed by atoms with E-state index in [0.717, 1.165) is 39.2 Å². The second-order valence-corrected chi connectivity index (χ2v) is 8.88. The van der Waals surface area contributed by atoms with Crippen LogP contribution in [-0.2, 0) is 35.2 Å². The SMILES string of the molecule is CCOC(=O)c1[nH]c(C(c2ccc([N+](=O)[O-])cc2)c2[nH]c(C(=O)OCC)c(CC)c2CC)c(CC)c1CC. The number of non-ortho nitro benzene ring substituents is 1. The van der Waals surface area contributed by atoms with E-state index in [1.807, 2.05) is 27.7 Å². The first-order valence-corrected chi connectivity index (χ1v) is 13.3. The van der Waals surface area contributed by atoms with Crippen molar-refractivity contribution in [2.75, 3.05) is 13.2 Å². The first-order valence-electron chi connectivity index (χ1n) is 13.3. The van der Waals surface area contributed by atoms with Gasteiger partial charge in [-0.05, 0) is 67.3 Å². The molecule has 0 bridgehead atoms. The van der Waals surface area contributed by atoms with Crippen LogP contribution < -0.4 is 0 Å². The summed E-state index contributed by atoms with van der Waals surface area (Å²) < 4.78 is 10.7. The first-order chi connectivity index (χ1) is 18.3. The van der Waals surface area contributed by atoms with Crippen molar-refractivity contribution >= 4 is 17.6 Å². The summed E-state index contributed by atoms with van der Waals surface area (Å²) in [6.07, 6.45) is 2.57. The number of H-pyrrole nitrogens is 2. The molecule has 0 fully saturated rings. The van der Waals surface area contributed by atoms with Crippen LogP contribution in [0.1, 0.15) is 108 Å². The monoisotopic (exact) mass is 523 g/mol. The number of nitrogens with one attached hydrogen (secondary N) is 2. The molecule has 0 aliphatic carbocycles. The summed E-state index contributed by atoms with van der Waals surface area (Å²) in [4.78, 5) is 43.5. The number of carbonyl (C=O) groups is 2. The van der Waals surface area contributed by atoms with Crippen molar-refractivity contribution in [1.29, 1.82) is 0 Å². The highest BCUT2D eigenvalue weighted by Gasteiger charge is 2.32. The van der Waals surface area contributed by atoms with Gasteiger partial charge in [-0.1, -0.05) is 39.8 Å². The molecular weight excluding hydrogens is 486 g/mol. The van der Waals surface area contributed by atoms with E-state index in [2.05, 4.69) is 9.97 Å². The van der Waals surface area contributed by atoms with Crippen molar-refractivity contribution in [3.63, 3.8) is 0 Å². The van der Waals surface area contributed by atoms with Crippen LogP contribution in [-0.4, -0.2) is 40.0 Å². The van der Waals surface area contributed by atoms with Crippen LogP contribution in [0.4, 0.5) is 5.69 Å². The van der Waals surface area contributed by atoms with E-state index < -0.39 is 22.8 Å². The van der Waals surface area contributed by atoms with Crippen LogP contribution in [0.3, 0.4) is 0 Å². The molecule has 3 aromatic rings. The van der Waals surface area contributed by atoms with Gasteiger partial charge in [-0.25, -0.2) is 9.59 Å². The smallest absolute Gasteiger partial charge is 0.355 e. The molecule has 0 atom stereocenters. The maximum absolute atomic E-state index is 12.9. The van der Waals surface area contributed by atoms with E-state index in [4.69, 9.17) is 9.47 Å². The molecule has 204 valence electrons. The molecule has 0 radical (unpaired) electrons. The van der Waals surface area contributed by atoms with E-state index in [1.54, 1.807) is 26.0 Å². The molecule has 0 unspecified atom stereocenters. The van der Waals surface area contributed by atoms with Crippen LogP contribution in [0.5, 0.6) is 0 Å². The van der Waals surface area contributed by atoms with Crippen molar-refractivity contribution in [3.05, 3.63) is 85.0 Å². The molecule has 1 aromatic carbocycles. The number of rotatable bonds is 12. The zero-order chi connectivity index (χ0) is 28.0. The third-order valence-corrected chi connectivity index (χ3v) is 6.89. The predicted octanol–water partition coefficient (Wildman–Crippen LogP) is 6.03. The van der Waals surface area contributed by atoms with Crippen LogP contribution in [0.25, 0.3) is 0 Å². The molecule has 0 spiro atoms. The van der Waals surface area contributed by atoms with Crippen molar-refractivity contribution in [2.45, 2.75) is 73.1 Å². The number of ether oxygens (including phenoxy) is 2. The molecule has 0 aliphatic rings. The average Bonchev–Trinajstić information content (AvgIpc) is 3.47. The number of aromatic amines is 2. The second-order valence-electron chi connectivity index (χ2n) is 8.88. The minimum absolute atomic E-state index is 0.0141. The normalized spacial score (nSPS) is 11.1. The number of hydrogen-bond acceptors (Lipinski definition) is 6. The highest BCUT2D eigenvalue weighted by Crippen LogP contribution is 2.40. The van der Waals surface area contributed by atoms with E-state index in [0.29, 0.717) is 37.1 Å². The number of aromatic nitrogens is 2. The summed E-state index contributed by atoms with van der Waals surface area (Å²) in [5, 5.41) is 11.4. The van der Waals surface area contributed by atoms with Crippen molar-refractivity contribution in [1.82, 2.24) is 9.97 Å². The summed E-state index contributed by atoms with van der Waals surface area (Å²) in [5.41, 5.74) is 6.97. The number of nitro benzene ring substituents is 1. The van der Waals surface area contributed by atoms with Gasteiger partial charge < -0.3 is 19.4 Å². The zero-order valence-electron chi connectivity index (χ0n) is 23.0. The number of esters is 2. The number of nitrogens with zero attached hydrogens (tertiary/aromatic N) is 1. The van der Waals surface area contributed by atoms with Gasteiger partial charge in [0.05, 0.1) is 24.1 Å². The lowest BCUT2D eigenvalue weighted by molar-refractivity contribution is -0.384. The Morgan fingerprint density at radius 2 is 1.13 bits per heavy atom. The van der Waals surface area contributed by atoms with Gasteiger partial charge in [0, 0.05) is 23.5 Å². The summed E-state index contributed by atoms with van der Waals surface area (Å²) in [6.45, 7) is 12.1. The largest absolute Gasteiger partial charge is 0.461 e. The van der Waals surface area contributed by atoms with Gasteiger partial charge in [-0.15, -0.1) is 0 Å². The lowest BCUT2D eigenvalue weighted by Gasteiger charge is -2.20. The quantitative estimate of drug-likeness (QED) is 0.169. The molecule has 38 heavy (non-hydrogen) atoms. The molecule has 0 amide bonds. The Morgan fingerprint density at radius 1 is 0.737 bits per heavy atom. The number of carbonyl (C=O) groups excluding carboxylic acids is 2. The summed E-state index contributed by atoms with van der Waals surface area (Å²) in [6, 6.07) is 6.42. The fourth-order valence-electron chi connectivity index (χ4n) is 5.30. The molecule has 2 heterocycles.